The Balaban J connectivity index is 2.16. The second kappa shape index (κ2) is 6.23. The van der Waals surface area contributed by atoms with E-state index < -0.39 is 0 Å². The Morgan fingerprint density at radius 1 is 1.42 bits per heavy atom. The largest absolute Gasteiger partial charge is 0.383 e. The van der Waals surface area contributed by atoms with Gasteiger partial charge in [0.1, 0.15) is 0 Å². The number of rotatable bonds is 5. The minimum absolute atomic E-state index is 0.191. The van der Waals surface area contributed by atoms with Crippen molar-refractivity contribution in [1.82, 2.24) is 14.8 Å². The van der Waals surface area contributed by atoms with Gasteiger partial charge in [0.15, 0.2) is 5.82 Å². The lowest BCUT2D eigenvalue weighted by atomic mass is 10.3. The van der Waals surface area contributed by atoms with Gasteiger partial charge in [-0.25, -0.2) is 9.67 Å². The van der Waals surface area contributed by atoms with E-state index in [1.54, 1.807) is 24.1 Å². The molecule has 0 saturated carbocycles. The summed E-state index contributed by atoms with van der Waals surface area (Å²) in [6.07, 6.45) is 5.05. The zero-order valence-corrected chi connectivity index (χ0v) is 12.1. The third-order valence-electron chi connectivity index (χ3n) is 2.42. The molecule has 2 aromatic rings. The Hall–Kier alpha value is -1.30. The van der Waals surface area contributed by atoms with E-state index in [1.807, 2.05) is 13.1 Å². The first-order valence-electron chi connectivity index (χ1n) is 5.71. The maximum absolute atomic E-state index is 6.08. The highest BCUT2D eigenvalue weighted by atomic mass is 35.5. The zero-order valence-electron chi connectivity index (χ0n) is 10.6. The SMILES string of the molecule is COC[C@@H](C)Nc1cnn(-c2ncc(Cl)cc2Cl)c1. The van der Waals surface area contributed by atoms with Gasteiger partial charge < -0.3 is 10.1 Å². The van der Waals surface area contributed by atoms with Gasteiger partial charge in [0.25, 0.3) is 0 Å². The van der Waals surface area contributed by atoms with Gasteiger partial charge >= 0.3 is 0 Å². The lowest BCUT2D eigenvalue weighted by Gasteiger charge is -2.11. The monoisotopic (exact) mass is 300 g/mol. The molecule has 0 aromatic carbocycles. The molecule has 0 aliphatic heterocycles. The zero-order chi connectivity index (χ0) is 13.8. The number of aromatic nitrogens is 3. The molecule has 0 aliphatic carbocycles. The normalized spacial score (nSPS) is 12.4. The van der Waals surface area contributed by atoms with Crippen LogP contribution >= 0.6 is 23.2 Å². The fourth-order valence-electron chi connectivity index (χ4n) is 1.67. The Labute approximate surface area is 121 Å². The summed E-state index contributed by atoms with van der Waals surface area (Å²) >= 11 is 11.9. The van der Waals surface area contributed by atoms with Crippen LogP contribution in [0.1, 0.15) is 6.92 Å². The topological polar surface area (TPSA) is 52.0 Å². The van der Waals surface area contributed by atoms with Gasteiger partial charge in [0, 0.05) is 19.3 Å². The first-order valence-corrected chi connectivity index (χ1v) is 6.47. The summed E-state index contributed by atoms with van der Waals surface area (Å²) < 4.78 is 6.66. The van der Waals surface area contributed by atoms with Crippen LogP contribution in [0.25, 0.3) is 5.82 Å². The van der Waals surface area contributed by atoms with Gasteiger partial charge in [-0.2, -0.15) is 5.10 Å². The van der Waals surface area contributed by atoms with Gasteiger partial charge in [-0.1, -0.05) is 23.2 Å². The summed E-state index contributed by atoms with van der Waals surface area (Å²) in [7, 11) is 1.67. The summed E-state index contributed by atoms with van der Waals surface area (Å²) in [5.74, 6) is 0.540. The van der Waals surface area contributed by atoms with Crippen molar-refractivity contribution in [3.63, 3.8) is 0 Å². The second-order valence-electron chi connectivity index (χ2n) is 4.13. The predicted octanol–water partition coefficient (Wildman–Crippen LogP) is 3.02. The van der Waals surface area contributed by atoms with Crippen LogP contribution in [0.15, 0.2) is 24.7 Å². The van der Waals surface area contributed by atoms with E-state index in [-0.39, 0.29) is 6.04 Å². The van der Waals surface area contributed by atoms with Gasteiger partial charge in [-0.15, -0.1) is 0 Å². The summed E-state index contributed by atoms with van der Waals surface area (Å²) in [6, 6.07) is 1.82. The molecule has 1 N–H and O–H groups in total. The molecule has 0 aliphatic rings. The van der Waals surface area contributed by atoms with Crippen molar-refractivity contribution in [2.24, 2.45) is 0 Å². The molecule has 1 atom stereocenters. The van der Waals surface area contributed by atoms with E-state index >= 15 is 0 Å². The van der Waals surface area contributed by atoms with Crippen molar-refractivity contribution in [2.45, 2.75) is 13.0 Å². The Kier molecular flexibility index (Phi) is 4.63. The van der Waals surface area contributed by atoms with Crippen LogP contribution in [0, 0.1) is 0 Å². The predicted molar refractivity (Wildman–Crippen MR) is 76.3 cm³/mol. The Morgan fingerprint density at radius 2 is 2.21 bits per heavy atom. The minimum Gasteiger partial charge on any atom is -0.383 e. The van der Waals surface area contributed by atoms with E-state index in [2.05, 4.69) is 15.4 Å². The molecular formula is C12H14Cl2N4O. The number of nitrogens with zero attached hydrogens (tertiary/aromatic N) is 3. The maximum Gasteiger partial charge on any atom is 0.172 e. The molecule has 0 bridgehead atoms. The van der Waals surface area contributed by atoms with Crippen molar-refractivity contribution >= 4 is 28.9 Å². The Morgan fingerprint density at radius 3 is 2.89 bits per heavy atom. The summed E-state index contributed by atoms with van der Waals surface area (Å²) in [5, 5.41) is 8.42. The highest BCUT2D eigenvalue weighted by molar-refractivity contribution is 6.35. The van der Waals surface area contributed by atoms with E-state index in [9.17, 15) is 0 Å². The molecular weight excluding hydrogens is 287 g/mol. The second-order valence-corrected chi connectivity index (χ2v) is 4.98. The van der Waals surface area contributed by atoms with Crippen LogP contribution in [-0.4, -0.2) is 34.5 Å². The summed E-state index contributed by atoms with van der Waals surface area (Å²) in [4.78, 5) is 4.16. The summed E-state index contributed by atoms with van der Waals surface area (Å²) in [6.45, 7) is 2.64. The highest BCUT2D eigenvalue weighted by Crippen LogP contribution is 2.22. The number of anilines is 1. The number of methoxy groups -OCH3 is 1. The number of ether oxygens (including phenoxy) is 1. The van der Waals surface area contributed by atoms with Crippen LogP contribution in [0.3, 0.4) is 0 Å². The van der Waals surface area contributed by atoms with Crippen LogP contribution in [0.2, 0.25) is 10.0 Å². The van der Waals surface area contributed by atoms with Crippen LogP contribution in [0.5, 0.6) is 0 Å². The minimum atomic E-state index is 0.191. The third-order valence-corrected chi connectivity index (χ3v) is 2.90. The van der Waals surface area contributed by atoms with E-state index in [0.29, 0.717) is 22.5 Å². The van der Waals surface area contributed by atoms with Crippen molar-refractivity contribution in [1.29, 1.82) is 0 Å². The third kappa shape index (κ3) is 3.59. The standard InChI is InChI=1S/C12H14Cl2N4O/c1-8(7-19-2)17-10-5-16-18(6-10)12-11(14)3-9(13)4-15-12/h3-6,8,17H,7H2,1-2H3/t8-/m1/s1. The molecule has 5 nitrogen and oxygen atoms in total. The van der Waals surface area contributed by atoms with Crippen LogP contribution in [-0.2, 0) is 4.74 Å². The first-order chi connectivity index (χ1) is 9.10. The number of nitrogens with one attached hydrogen (secondary N) is 1. The van der Waals surface area contributed by atoms with Crippen molar-refractivity contribution in [2.75, 3.05) is 19.0 Å². The van der Waals surface area contributed by atoms with Gasteiger partial charge in [-0.3, -0.25) is 0 Å². The molecule has 2 rings (SSSR count). The molecule has 7 heteroatoms. The molecule has 0 fully saturated rings. The van der Waals surface area contributed by atoms with Gasteiger partial charge in [0.2, 0.25) is 0 Å². The summed E-state index contributed by atoms with van der Waals surface area (Å²) in [5.41, 5.74) is 0.873. The lowest BCUT2D eigenvalue weighted by molar-refractivity contribution is 0.190. The molecule has 0 unspecified atom stereocenters. The molecule has 102 valence electrons. The number of hydrogen-bond acceptors (Lipinski definition) is 4. The molecule has 0 spiro atoms. The van der Waals surface area contributed by atoms with Gasteiger partial charge in [0.05, 0.1) is 34.7 Å². The molecule has 2 heterocycles. The number of hydrogen-bond donors (Lipinski definition) is 1. The Bertz CT molecular complexity index is 558. The fourth-order valence-corrected chi connectivity index (χ4v) is 2.13. The fraction of sp³-hybridized carbons (Fsp3) is 0.333. The first kappa shape index (κ1) is 14.1. The van der Waals surface area contributed by atoms with E-state index in [1.165, 1.54) is 6.20 Å². The molecule has 19 heavy (non-hydrogen) atoms. The van der Waals surface area contributed by atoms with Crippen molar-refractivity contribution in [3.8, 4) is 5.82 Å². The average Bonchev–Trinajstić information content (AvgIpc) is 2.77. The van der Waals surface area contributed by atoms with Gasteiger partial charge in [-0.05, 0) is 13.0 Å². The van der Waals surface area contributed by atoms with Crippen LogP contribution in [0.4, 0.5) is 5.69 Å². The van der Waals surface area contributed by atoms with Crippen LogP contribution < -0.4 is 5.32 Å². The average molecular weight is 301 g/mol. The molecule has 0 amide bonds. The van der Waals surface area contributed by atoms with E-state index in [4.69, 9.17) is 27.9 Å². The molecule has 2 aromatic heterocycles. The molecule has 0 radical (unpaired) electrons. The smallest absolute Gasteiger partial charge is 0.172 e. The molecule has 0 saturated heterocycles. The van der Waals surface area contributed by atoms with Crippen molar-refractivity contribution in [3.05, 3.63) is 34.7 Å². The lowest BCUT2D eigenvalue weighted by Crippen LogP contribution is -2.20. The number of halogens is 2. The van der Waals surface area contributed by atoms with Crippen molar-refractivity contribution < 1.29 is 4.74 Å². The number of pyridine rings is 1. The maximum atomic E-state index is 6.08. The highest BCUT2D eigenvalue weighted by Gasteiger charge is 2.09. The van der Waals surface area contributed by atoms with E-state index in [0.717, 1.165) is 5.69 Å². The quantitative estimate of drug-likeness (QED) is 0.922.